The molecule has 0 radical (unpaired) electrons. The fourth-order valence-electron chi connectivity index (χ4n) is 2.73. The largest absolute Gasteiger partial charge is 0.419 e. The molecule has 3 rings (SSSR count). The fourth-order valence-corrected chi connectivity index (χ4v) is 3.12. The van der Waals surface area contributed by atoms with Crippen molar-refractivity contribution in [2.45, 2.75) is 33.2 Å². The molecule has 3 aromatic rings. The quantitative estimate of drug-likeness (QED) is 0.637. The third kappa shape index (κ3) is 3.44. The summed E-state index contributed by atoms with van der Waals surface area (Å²) in [5, 5.41) is 21.8. The highest BCUT2D eigenvalue weighted by Crippen LogP contribution is 2.22. The van der Waals surface area contributed by atoms with Crippen molar-refractivity contribution in [3.05, 3.63) is 61.8 Å². The van der Waals surface area contributed by atoms with E-state index in [0.717, 1.165) is 15.7 Å². The van der Waals surface area contributed by atoms with Crippen LogP contribution in [0.4, 0.5) is 0 Å². The molecule has 0 amide bonds. The lowest BCUT2D eigenvalue weighted by Crippen LogP contribution is -2.29. The molecular weight excluding hydrogens is 398 g/mol. The number of rotatable bonds is 5. The topological polar surface area (TPSA) is 97.6 Å². The van der Waals surface area contributed by atoms with Crippen molar-refractivity contribution in [3.63, 3.8) is 0 Å². The van der Waals surface area contributed by atoms with Gasteiger partial charge in [-0.3, -0.25) is 4.79 Å². The van der Waals surface area contributed by atoms with E-state index in [1.54, 1.807) is 0 Å². The second kappa shape index (κ2) is 7.62. The van der Waals surface area contributed by atoms with Gasteiger partial charge >= 0.3 is 0 Å². The fraction of sp³-hybridized carbons (Fsp3) is 0.278. The van der Waals surface area contributed by atoms with E-state index in [-0.39, 0.29) is 18.0 Å². The summed E-state index contributed by atoms with van der Waals surface area (Å²) < 4.78 is 7.78. The average Bonchev–Trinajstić information content (AvgIpc) is 3.11. The van der Waals surface area contributed by atoms with Crippen LogP contribution in [0.15, 0.2) is 37.9 Å². The summed E-state index contributed by atoms with van der Waals surface area (Å²) >= 11 is 3.40. The minimum atomic E-state index is -0.441. The maximum atomic E-state index is 12.6. The molecule has 0 aliphatic carbocycles. The van der Waals surface area contributed by atoms with Crippen molar-refractivity contribution in [1.82, 2.24) is 20.0 Å². The maximum absolute atomic E-state index is 12.6. The molecule has 0 aliphatic rings. The molecule has 0 bridgehead atoms. The van der Waals surface area contributed by atoms with Gasteiger partial charge in [-0.15, -0.1) is 10.2 Å². The predicted molar refractivity (Wildman–Crippen MR) is 98.5 cm³/mol. The predicted octanol–water partition coefficient (Wildman–Crippen LogP) is 3.10. The van der Waals surface area contributed by atoms with E-state index in [1.807, 2.05) is 44.2 Å². The van der Waals surface area contributed by atoms with Crippen molar-refractivity contribution in [1.29, 1.82) is 5.26 Å². The van der Waals surface area contributed by atoms with Gasteiger partial charge in [0.2, 0.25) is 11.8 Å². The normalized spacial score (nSPS) is 10.7. The molecule has 0 unspecified atom stereocenters. The summed E-state index contributed by atoms with van der Waals surface area (Å²) in [7, 11) is 0. The number of hydrogen-bond acceptors (Lipinski definition) is 6. The number of halogens is 1. The average molecular weight is 414 g/mol. The van der Waals surface area contributed by atoms with Gasteiger partial charge in [-0.05, 0) is 36.6 Å². The Morgan fingerprint density at radius 3 is 2.73 bits per heavy atom. The van der Waals surface area contributed by atoms with Crippen molar-refractivity contribution < 1.29 is 4.42 Å². The van der Waals surface area contributed by atoms with Gasteiger partial charge in [0.25, 0.3) is 5.56 Å². The minimum Gasteiger partial charge on any atom is -0.419 e. The van der Waals surface area contributed by atoms with E-state index in [0.29, 0.717) is 24.3 Å². The highest BCUT2D eigenvalue weighted by molar-refractivity contribution is 9.10. The molecule has 8 heteroatoms. The molecule has 7 nitrogen and oxygen atoms in total. The van der Waals surface area contributed by atoms with Crippen LogP contribution in [0.3, 0.4) is 0 Å². The Labute approximate surface area is 158 Å². The molecule has 1 aromatic carbocycles. The first-order chi connectivity index (χ1) is 12.6. The number of benzene rings is 1. The molecule has 0 spiro atoms. The van der Waals surface area contributed by atoms with Crippen LogP contribution in [0.5, 0.6) is 0 Å². The van der Waals surface area contributed by atoms with Crippen LogP contribution in [0.1, 0.15) is 36.6 Å². The Hall–Kier alpha value is -2.79. The molecule has 0 N–H and O–H groups in total. The lowest BCUT2D eigenvalue weighted by molar-refractivity contribution is 0.461. The van der Waals surface area contributed by atoms with Gasteiger partial charge in [-0.2, -0.15) is 10.4 Å². The summed E-state index contributed by atoms with van der Waals surface area (Å²) in [5.41, 5.74) is 1.90. The van der Waals surface area contributed by atoms with Crippen molar-refractivity contribution in [2.75, 3.05) is 0 Å². The zero-order valence-electron chi connectivity index (χ0n) is 14.4. The van der Waals surface area contributed by atoms with E-state index >= 15 is 0 Å². The van der Waals surface area contributed by atoms with E-state index in [9.17, 15) is 10.1 Å². The zero-order chi connectivity index (χ0) is 18.7. The van der Waals surface area contributed by atoms with Gasteiger partial charge < -0.3 is 4.42 Å². The minimum absolute atomic E-state index is 0.0194. The monoisotopic (exact) mass is 413 g/mol. The van der Waals surface area contributed by atoms with Gasteiger partial charge in [-0.25, -0.2) is 4.68 Å². The van der Waals surface area contributed by atoms with E-state index in [2.05, 4.69) is 31.2 Å². The van der Waals surface area contributed by atoms with Gasteiger partial charge in [0.05, 0.1) is 5.69 Å². The van der Waals surface area contributed by atoms with Gasteiger partial charge in [0, 0.05) is 10.0 Å². The third-order valence-electron chi connectivity index (χ3n) is 3.96. The molecule has 2 aromatic heterocycles. The Balaban J connectivity index is 1.98. The summed E-state index contributed by atoms with van der Waals surface area (Å²) in [6.45, 7) is 3.87. The molecule has 0 saturated carbocycles. The number of aromatic nitrogens is 4. The van der Waals surface area contributed by atoms with Crippen LogP contribution in [-0.2, 0) is 19.4 Å². The highest BCUT2D eigenvalue weighted by Gasteiger charge is 2.17. The zero-order valence-corrected chi connectivity index (χ0v) is 15.9. The molecule has 132 valence electrons. The molecule has 0 atom stereocenters. The first kappa shape index (κ1) is 18.0. The summed E-state index contributed by atoms with van der Waals surface area (Å²) in [5.74, 6) is 0.612. The van der Waals surface area contributed by atoms with E-state index in [4.69, 9.17) is 4.42 Å². The summed E-state index contributed by atoms with van der Waals surface area (Å²) in [6.07, 6.45) is 1.22. The first-order valence-electron chi connectivity index (χ1n) is 8.18. The molecule has 0 saturated heterocycles. The van der Waals surface area contributed by atoms with Crippen molar-refractivity contribution in [2.24, 2.45) is 0 Å². The maximum Gasteiger partial charge on any atom is 0.285 e. The summed E-state index contributed by atoms with van der Waals surface area (Å²) in [6, 6.07) is 9.49. The molecule has 26 heavy (non-hydrogen) atoms. The van der Waals surface area contributed by atoms with Crippen LogP contribution in [0, 0.1) is 11.3 Å². The third-order valence-corrected chi connectivity index (χ3v) is 4.46. The van der Waals surface area contributed by atoms with Crippen LogP contribution < -0.4 is 5.56 Å². The van der Waals surface area contributed by atoms with Crippen LogP contribution >= 0.6 is 15.9 Å². The Kier molecular flexibility index (Phi) is 5.28. The smallest absolute Gasteiger partial charge is 0.285 e. The van der Waals surface area contributed by atoms with Crippen LogP contribution in [-0.4, -0.2) is 20.0 Å². The van der Waals surface area contributed by atoms with Gasteiger partial charge in [0.15, 0.2) is 0 Å². The number of hydrogen-bond donors (Lipinski definition) is 0. The van der Waals surface area contributed by atoms with Crippen LogP contribution in [0.2, 0.25) is 0 Å². The molecule has 2 heterocycles. The lowest BCUT2D eigenvalue weighted by atomic mass is 10.0. The van der Waals surface area contributed by atoms with Crippen molar-refractivity contribution >= 4 is 15.9 Å². The van der Waals surface area contributed by atoms with Gasteiger partial charge in [-0.1, -0.05) is 35.8 Å². The van der Waals surface area contributed by atoms with Gasteiger partial charge in [0.1, 0.15) is 18.2 Å². The molecule has 0 fully saturated rings. The second-order valence-corrected chi connectivity index (χ2v) is 6.51. The Morgan fingerprint density at radius 1 is 1.27 bits per heavy atom. The Bertz CT molecular complexity index is 1050. The Morgan fingerprint density at radius 2 is 2.08 bits per heavy atom. The number of aryl methyl sites for hydroxylation is 1. The SMILES string of the molecule is CCc1nn(Cc2nnc(-c3cccc(Br)c3)o2)c(=O)c(C#N)c1CC. The lowest BCUT2D eigenvalue weighted by Gasteiger charge is -2.10. The van der Waals surface area contributed by atoms with Crippen LogP contribution in [0.25, 0.3) is 11.5 Å². The number of nitriles is 1. The van der Waals surface area contributed by atoms with Crippen molar-refractivity contribution in [3.8, 4) is 17.5 Å². The standard InChI is InChI=1S/C18H16BrN5O2/c1-3-13-14(9-20)18(25)24(23-15(13)4-2)10-16-21-22-17(26-16)11-6-5-7-12(19)8-11/h5-8H,3-4,10H2,1-2H3. The number of nitrogens with zero attached hydrogens (tertiary/aromatic N) is 5. The van der Waals surface area contributed by atoms with E-state index in [1.165, 1.54) is 4.68 Å². The first-order valence-corrected chi connectivity index (χ1v) is 8.97. The summed E-state index contributed by atoms with van der Waals surface area (Å²) in [4.78, 5) is 12.6. The highest BCUT2D eigenvalue weighted by atomic mass is 79.9. The van der Waals surface area contributed by atoms with E-state index < -0.39 is 5.56 Å². The molecule has 0 aliphatic heterocycles. The molecular formula is C18H16BrN5O2. The second-order valence-electron chi connectivity index (χ2n) is 5.59.